The highest BCUT2D eigenvalue weighted by molar-refractivity contribution is 7.89. The number of quaternary nitrogens is 1. The highest BCUT2D eigenvalue weighted by atomic mass is 32.2. The Morgan fingerprint density at radius 1 is 1.07 bits per heavy atom. The van der Waals surface area contributed by atoms with Crippen LogP contribution in [0.2, 0.25) is 0 Å². The first-order valence-electron chi connectivity index (χ1n) is 8.68. The Bertz CT molecular complexity index is 946. The van der Waals surface area contributed by atoms with E-state index in [1.165, 1.54) is 16.4 Å². The molecule has 0 aromatic heterocycles. The van der Waals surface area contributed by atoms with Crippen molar-refractivity contribution in [3.05, 3.63) is 60.2 Å². The second-order valence-corrected chi connectivity index (χ2v) is 8.26. The molecule has 0 radical (unpaired) electrons. The van der Waals surface area contributed by atoms with Gasteiger partial charge < -0.3 is 10.2 Å². The molecule has 2 aromatic carbocycles. The number of hydrogen-bond acceptors (Lipinski definition) is 4. The Kier molecular flexibility index (Phi) is 5.86. The average molecular weight is 385 g/mol. The summed E-state index contributed by atoms with van der Waals surface area (Å²) in [4.78, 5) is 13.2. The molecule has 0 atom stereocenters. The number of piperazine rings is 1. The van der Waals surface area contributed by atoms with Gasteiger partial charge in [0.15, 0.2) is 6.54 Å². The highest BCUT2D eigenvalue weighted by Gasteiger charge is 2.32. The molecule has 0 bridgehead atoms. The molecule has 1 aliphatic heterocycles. The number of carbonyl (C=O) groups excluding carboxylic acids is 1. The van der Waals surface area contributed by atoms with Crippen LogP contribution in [0.5, 0.6) is 0 Å². The number of para-hydroxylation sites is 1. The van der Waals surface area contributed by atoms with Gasteiger partial charge in [-0.1, -0.05) is 30.3 Å². The molecular formula is C19H21N4O3S+. The van der Waals surface area contributed by atoms with Gasteiger partial charge in [0.05, 0.1) is 36.6 Å². The summed E-state index contributed by atoms with van der Waals surface area (Å²) in [6.45, 7) is 2.00. The lowest BCUT2D eigenvalue weighted by molar-refractivity contribution is -0.895. The first-order chi connectivity index (χ1) is 13.0. The Morgan fingerprint density at radius 3 is 2.37 bits per heavy atom. The third-order valence-electron chi connectivity index (χ3n) is 4.52. The van der Waals surface area contributed by atoms with Crippen molar-refractivity contribution in [2.24, 2.45) is 0 Å². The molecule has 27 heavy (non-hydrogen) atoms. The number of carbonyl (C=O) groups is 1. The summed E-state index contributed by atoms with van der Waals surface area (Å²) in [5, 5.41) is 12.0. The second kappa shape index (κ2) is 8.31. The number of nitriles is 1. The summed E-state index contributed by atoms with van der Waals surface area (Å²) in [6, 6.07) is 17.4. The van der Waals surface area contributed by atoms with E-state index in [0.29, 0.717) is 26.2 Å². The molecule has 1 aliphatic rings. The highest BCUT2D eigenvalue weighted by Crippen LogP contribution is 2.19. The standard InChI is InChI=1S/C19H20N4O3S/c20-14-16-6-4-5-9-18(16)27(25,26)23-12-10-22(11-13-23)15-19(24)21-17-7-2-1-3-8-17/h1-9H,10-13,15H2,(H,21,24)/p+1. The van der Waals surface area contributed by atoms with Crippen molar-refractivity contribution in [3.8, 4) is 6.07 Å². The molecule has 140 valence electrons. The van der Waals surface area contributed by atoms with Gasteiger partial charge in [0.1, 0.15) is 6.07 Å². The van der Waals surface area contributed by atoms with Crippen LogP contribution in [-0.4, -0.2) is 51.4 Å². The predicted molar refractivity (Wildman–Crippen MR) is 101 cm³/mol. The third-order valence-corrected chi connectivity index (χ3v) is 6.48. The molecule has 1 heterocycles. The largest absolute Gasteiger partial charge is 0.325 e. The topological polar surface area (TPSA) is 94.7 Å². The molecule has 1 fully saturated rings. The van der Waals surface area contributed by atoms with Crippen molar-refractivity contribution < 1.29 is 18.1 Å². The average Bonchev–Trinajstić information content (AvgIpc) is 2.69. The van der Waals surface area contributed by atoms with Crippen molar-refractivity contribution in [1.82, 2.24) is 4.31 Å². The molecule has 0 aliphatic carbocycles. The molecule has 0 saturated carbocycles. The van der Waals surface area contributed by atoms with Crippen LogP contribution in [0.25, 0.3) is 0 Å². The Balaban J connectivity index is 1.58. The van der Waals surface area contributed by atoms with Crippen LogP contribution < -0.4 is 10.2 Å². The number of nitrogens with zero attached hydrogens (tertiary/aromatic N) is 2. The Morgan fingerprint density at radius 2 is 1.70 bits per heavy atom. The third kappa shape index (κ3) is 4.52. The fourth-order valence-corrected chi connectivity index (χ4v) is 4.68. The van der Waals surface area contributed by atoms with Crippen LogP contribution in [0.1, 0.15) is 5.56 Å². The van der Waals surface area contributed by atoms with Crippen molar-refractivity contribution in [2.75, 3.05) is 38.0 Å². The number of benzene rings is 2. The maximum atomic E-state index is 12.8. The van der Waals surface area contributed by atoms with Crippen molar-refractivity contribution in [3.63, 3.8) is 0 Å². The van der Waals surface area contributed by atoms with Crippen molar-refractivity contribution >= 4 is 21.6 Å². The van der Waals surface area contributed by atoms with E-state index in [0.717, 1.165) is 10.6 Å². The molecule has 0 spiro atoms. The maximum absolute atomic E-state index is 12.8. The van der Waals surface area contributed by atoms with Gasteiger partial charge in [0, 0.05) is 5.69 Å². The molecule has 8 heteroatoms. The van der Waals surface area contributed by atoms with Gasteiger partial charge in [-0.05, 0) is 24.3 Å². The van der Waals surface area contributed by atoms with Gasteiger partial charge in [-0.2, -0.15) is 9.57 Å². The molecule has 3 rings (SSSR count). The first kappa shape index (κ1) is 19.0. The van der Waals surface area contributed by atoms with Crippen LogP contribution in [0.3, 0.4) is 0 Å². The molecular weight excluding hydrogens is 364 g/mol. The quantitative estimate of drug-likeness (QED) is 0.762. The maximum Gasteiger partial charge on any atom is 0.279 e. The summed E-state index contributed by atoms with van der Waals surface area (Å²) >= 11 is 0. The van der Waals surface area contributed by atoms with Gasteiger partial charge in [-0.15, -0.1) is 0 Å². The number of sulfonamides is 1. The molecule has 2 N–H and O–H groups in total. The fraction of sp³-hybridized carbons (Fsp3) is 0.263. The van der Waals surface area contributed by atoms with Crippen molar-refractivity contribution in [2.45, 2.75) is 4.90 Å². The number of amides is 1. The van der Waals surface area contributed by atoms with Crippen LogP contribution in [0.4, 0.5) is 5.69 Å². The van der Waals surface area contributed by atoms with E-state index in [-0.39, 0.29) is 22.9 Å². The van der Waals surface area contributed by atoms with E-state index < -0.39 is 10.0 Å². The smallest absolute Gasteiger partial charge is 0.279 e. The van der Waals surface area contributed by atoms with Crippen LogP contribution in [0, 0.1) is 11.3 Å². The summed E-state index contributed by atoms with van der Waals surface area (Å²) in [5.74, 6) is -0.0951. The lowest BCUT2D eigenvalue weighted by atomic mass is 10.2. The summed E-state index contributed by atoms with van der Waals surface area (Å²) in [5.41, 5.74) is 0.894. The normalized spacial score (nSPS) is 15.8. The zero-order chi connectivity index (χ0) is 19.3. The van der Waals surface area contributed by atoms with Crippen LogP contribution >= 0.6 is 0 Å². The Hall–Kier alpha value is -2.73. The molecule has 0 unspecified atom stereocenters. The number of anilines is 1. The van der Waals surface area contributed by atoms with Crippen LogP contribution in [-0.2, 0) is 14.8 Å². The van der Waals surface area contributed by atoms with Gasteiger partial charge >= 0.3 is 0 Å². The van der Waals surface area contributed by atoms with Gasteiger partial charge in [-0.25, -0.2) is 8.42 Å². The minimum atomic E-state index is -3.71. The van der Waals surface area contributed by atoms with Gasteiger partial charge in [0.25, 0.3) is 5.91 Å². The zero-order valence-electron chi connectivity index (χ0n) is 14.8. The van der Waals surface area contributed by atoms with Crippen LogP contribution in [0.15, 0.2) is 59.5 Å². The SMILES string of the molecule is N#Cc1ccccc1S(=O)(=O)N1CC[NH+](CC(=O)Nc2ccccc2)CC1. The van der Waals surface area contributed by atoms with E-state index in [2.05, 4.69) is 5.32 Å². The van der Waals surface area contributed by atoms with Crippen molar-refractivity contribution in [1.29, 1.82) is 5.26 Å². The lowest BCUT2D eigenvalue weighted by Crippen LogP contribution is -3.15. The second-order valence-electron chi connectivity index (χ2n) is 6.35. The summed E-state index contributed by atoms with van der Waals surface area (Å²) < 4.78 is 27.0. The summed E-state index contributed by atoms with van der Waals surface area (Å²) in [6.07, 6.45) is 0. The first-order valence-corrected chi connectivity index (χ1v) is 10.1. The minimum absolute atomic E-state index is 0.0396. The van der Waals surface area contributed by atoms with E-state index in [9.17, 15) is 13.2 Å². The molecule has 1 saturated heterocycles. The Labute approximate surface area is 158 Å². The van der Waals surface area contributed by atoms with E-state index >= 15 is 0 Å². The van der Waals surface area contributed by atoms with E-state index in [4.69, 9.17) is 5.26 Å². The predicted octanol–water partition coefficient (Wildman–Crippen LogP) is 0.0862. The molecule has 1 amide bonds. The minimum Gasteiger partial charge on any atom is -0.325 e. The van der Waals surface area contributed by atoms with E-state index in [1.807, 2.05) is 36.4 Å². The fourth-order valence-electron chi connectivity index (χ4n) is 3.10. The van der Waals surface area contributed by atoms with E-state index in [1.54, 1.807) is 12.1 Å². The zero-order valence-corrected chi connectivity index (χ0v) is 15.6. The number of nitrogens with one attached hydrogen (secondary N) is 2. The summed E-state index contributed by atoms with van der Waals surface area (Å²) in [7, 11) is -3.71. The monoisotopic (exact) mass is 385 g/mol. The van der Waals surface area contributed by atoms with Gasteiger partial charge in [0.2, 0.25) is 10.0 Å². The number of rotatable bonds is 5. The number of hydrogen-bond donors (Lipinski definition) is 2. The lowest BCUT2D eigenvalue weighted by Gasteiger charge is -2.31. The van der Waals surface area contributed by atoms with Gasteiger partial charge in [-0.3, -0.25) is 4.79 Å². The molecule has 2 aromatic rings. The molecule has 7 nitrogen and oxygen atoms in total.